The minimum atomic E-state index is -0.0907. The van der Waals surface area contributed by atoms with Crippen LogP contribution in [0, 0.1) is 5.92 Å². The molecule has 3 heterocycles. The van der Waals surface area contributed by atoms with Crippen LogP contribution in [0.25, 0.3) is 22.0 Å². The Morgan fingerprint density at radius 3 is 2.73 bits per heavy atom. The molecular formula is C27H29N3O3. The average Bonchev–Trinajstić information content (AvgIpc) is 3.27. The number of carbonyl (C=O) groups excluding carboxylic acids is 2. The molecule has 33 heavy (non-hydrogen) atoms. The number of likely N-dealkylation sites (tertiary alicyclic amines) is 1. The molecule has 2 aliphatic heterocycles. The highest BCUT2D eigenvalue weighted by molar-refractivity contribution is 5.90. The van der Waals surface area contributed by atoms with Crippen LogP contribution in [0.5, 0.6) is 5.75 Å². The minimum absolute atomic E-state index is 0.0852. The zero-order valence-corrected chi connectivity index (χ0v) is 18.9. The number of nitrogens with zero attached hydrogens (tertiary/aromatic N) is 2. The van der Waals surface area contributed by atoms with E-state index in [2.05, 4.69) is 46.7 Å². The van der Waals surface area contributed by atoms with Gasteiger partial charge in [-0.3, -0.25) is 14.6 Å². The van der Waals surface area contributed by atoms with Crippen LogP contribution in [0.2, 0.25) is 0 Å². The van der Waals surface area contributed by atoms with Gasteiger partial charge in [0.2, 0.25) is 11.8 Å². The highest BCUT2D eigenvalue weighted by Crippen LogP contribution is 2.33. The van der Waals surface area contributed by atoms with Gasteiger partial charge in [0.1, 0.15) is 11.9 Å². The van der Waals surface area contributed by atoms with Gasteiger partial charge < -0.3 is 15.0 Å². The molecule has 170 valence electrons. The fourth-order valence-electron chi connectivity index (χ4n) is 4.72. The van der Waals surface area contributed by atoms with Crippen molar-refractivity contribution >= 4 is 22.7 Å². The van der Waals surface area contributed by atoms with Crippen molar-refractivity contribution < 1.29 is 14.3 Å². The fraction of sp³-hybridized carbons (Fsp3) is 0.370. The van der Waals surface area contributed by atoms with E-state index in [4.69, 9.17) is 4.74 Å². The van der Waals surface area contributed by atoms with E-state index in [0.29, 0.717) is 25.9 Å². The first kappa shape index (κ1) is 21.4. The van der Waals surface area contributed by atoms with Crippen molar-refractivity contribution in [1.82, 2.24) is 15.2 Å². The molecule has 3 aromatic rings. The standard InChI is InChI=1S/C27H29N3O3/c1-18(22-15-26(31)29-16-22)33-25-14-21(13-24-23(25)5-4-11-28-24)20-9-7-19(8-10-20)17-30-12-3-2-6-27(30)32/h4-5,7-11,13-14,18,22H,2-3,6,12,15-17H2,1H3,(H,29,31)/t18-,22+/m1/s1. The van der Waals surface area contributed by atoms with Crippen molar-refractivity contribution in [3.05, 3.63) is 60.3 Å². The Kier molecular flexibility index (Phi) is 5.99. The molecule has 0 unspecified atom stereocenters. The molecule has 6 heteroatoms. The van der Waals surface area contributed by atoms with Crippen LogP contribution in [-0.4, -0.2) is 40.9 Å². The zero-order valence-electron chi connectivity index (χ0n) is 18.9. The Labute approximate surface area is 194 Å². The third-order valence-electron chi connectivity index (χ3n) is 6.75. The van der Waals surface area contributed by atoms with E-state index in [1.54, 1.807) is 6.20 Å². The van der Waals surface area contributed by atoms with Crippen molar-refractivity contribution in [1.29, 1.82) is 0 Å². The predicted octanol–water partition coefficient (Wildman–Crippen LogP) is 4.32. The smallest absolute Gasteiger partial charge is 0.222 e. The van der Waals surface area contributed by atoms with E-state index in [1.807, 2.05) is 24.0 Å². The predicted molar refractivity (Wildman–Crippen MR) is 128 cm³/mol. The second-order valence-electron chi connectivity index (χ2n) is 9.11. The van der Waals surface area contributed by atoms with E-state index in [9.17, 15) is 9.59 Å². The van der Waals surface area contributed by atoms with Gasteiger partial charge in [0.15, 0.2) is 0 Å². The van der Waals surface area contributed by atoms with Crippen molar-refractivity contribution in [3.8, 4) is 16.9 Å². The zero-order chi connectivity index (χ0) is 22.8. The molecule has 1 aromatic heterocycles. The second-order valence-corrected chi connectivity index (χ2v) is 9.11. The van der Waals surface area contributed by atoms with Gasteiger partial charge >= 0.3 is 0 Å². The minimum Gasteiger partial charge on any atom is -0.490 e. The Balaban J connectivity index is 1.39. The number of pyridine rings is 1. The first-order valence-corrected chi connectivity index (χ1v) is 11.8. The lowest BCUT2D eigenvalue weighted by Crippen LogP contribution is -2.34. The van der Waals surface area contributed by atoms with Crippen LogP contribution in [0.1, 0.15) is 38.2 Å². The van der Waals surface area contributed by atoms with E-state index in [1.165, 1.54) is 0 Å². The molecule has 5 rings (SSSR count). The van der Waals surface area contributed by atoms with Gasteiger partial charge in [-0.15, -0.1) is 0 Å². The number of nitrogens with one attached hydrogen (secondary N) is 1. The highest BCUT2D eigenvalue weighted by Gasteiger charge is 2.28. The molecule has 0 bridgehead atoms. The molecule has 0 radical (unpaired) electrons. The molecule has 0 spiro atoms. The van der Waals surface area contributed by atoms with Crippen LogP contribution in [-0.2, 0) is 16.1 Å². The molecule has 2 atom stereocenters. The van der Waals surface area contributed by atoms with E-state index in [-0.39, 0.29) is 23.8 Å². The molecule has 2 amide bonds. The normalized spacial score (nSPS) is 19.5. The number of carbonyl (C=O) groups is 2. The van der Waals surface area contributed by atoms with E-state index >= 15 is 0 Å². The summed E-state index contributed by atoms with van der Waals surface area (Å²) in [6, 6.07) is 16.5. The number of fused-ring (bicyclic) bond motifs is 1. The summed E-state index contributed by atoms with van der Waals surface area (Å²) in [6.07, 6.45) is 4.94. The number of rotatable bonds is 6. The van der Waals surface area contributed by atoms with Gasteiger partial charge in [0.05, 0.1) is 5.52 Å². The summed E-state index contributed by atoms with van der Waals surface area (Å²) in [7, 11) is 0. The molecule has 1 N–H and O–H groups in total. The SMILES string of the molecule is C[C@@H](Oc1cc(-c2ccc(CN3CCCCC3=O)cc2)cc2ncccc12)[C@@H]1CNC(=O)C1. The molecule has 0 saturated carbocycles. The molecule has 2 aromatic carbocycles. The number of amides is 2. The molecular weight excluding hydrogens is 414 g/mol. The summed E-state index contributed by atoms with van der Waals surface area (Å²) in [4.78, 5) is 30.3. The largest absolute Gasteiger partial charge is 0.490 e. The van der Waals surface area contributed by atoms with Crippen molar-refractivity contribution in [3.63, 3.8) is 0 Å². The lowest BCUT2D eigenvalue weighted by Gasteiger charge is -2.26. The van der Waals surface area contributed by atoms with Gasteiger partial charge in [-0.2, -0.15) is 0 Å². The molecule has 6 nitrogen and oxygen atoms in total. The number of aromatic nitrogens is 1. The maximum atomic E-state index is 12.1. The Morgan fingerprint density at radius 1 is 1.12 bits per heavy atom. The van der Waals surface area contributed by atoms with Gasteiger partial charge in [0, 0.05) is 50.0 Å². The Hall–Kier alpha value is -3.41. The first-order valence-electron chi connectivity index (χ1n) is 11.8. The Morgan fingerprint density at radius 2 is 1.97 bits per heavy atom. The summed E-state index contributed by atoms with van der Waals surface area (Å²) in [5, 5.41) is 3.86. The van der Waals surface area contributed by atoms with Crippen LogP contribution in [0.4, 0.5) is 0 Å². The van der Waals surface area contributed by atoms with Gasteiger partial charge in [-0.1, -0.05) is 24.3 Å². The second kappa shape index (κ2) is 9.22. The van der Waals surface area contributed by atoms with Gasteiger partial charge in [-0.05, 0) is 60.7 Å². The lowest BCUT2D eigenvalue weighted by atomic mass is 10.00. The van der Waals surface area contributed by atoms with Crippen molar-refractivity contribution in [2.75, 3.05) is 13.1 Å². The highest BCUT2D eigenvalue weighted by atomic mass is 16.5. The lowest BCUT2D eigenvalue weighted by molar-refractivity contribution is -0.133. The topological polar surface area (TPSA) is 71.5 Å². The number of piperidine rings is 1. The summed E-state index contributed by atoms with van der Waals surface area (Å²) in [6.45, 7) is 4.18. The summed E-state index contributed by atoms with van der Waals surface area (Å²) in [5.74, 6) is 1.28. The number of benzene rings is 2. The number of ether oxygens (including phenoxy) is 1. The van der Waals surface area contributed by atoms with Crippen LogP contribution < -0.4 is 10.1 Å². The molecule has 2 aliphatic rings. The van der Waals surface area contributed by atoms with E-state index < -0.39 is 0 Å². The summed E-state index contributed by atoms with van der Waals surface area (Å²) < 4.78 is 6.38. The van der Waals surface area contributed by atoms with Crippen LogP contribution >= 0.6 is 0 Å². The summed E-state index contributed by atoms with van der Waals surface area (Å²) >= 11 is 0. The third-order valence-corrected chi connectivity index (χ3v) is 6.75. The maximum Gasteiger partial charge on any atom is 0.222 e. The van der Waals surface area contributed by atoms with Crippen LogP contribution in [0.15, 0.2) is 54.7 Å². The van der Waals surface area contributed by atoms with Crippen molar-refractivity contribution in [2.24, 2.45) is 5.92 Å². The first-order chi connectivity index (χ1) is 16.1. The molecule has 2 saturated heterocycles. The number of hydrogen-bond donors (Lipinski definition) is 1. The van der Waals surface area contributed by atoms with Gasteiger partial charge in [-0.25, -0.2) is 0 Å². The molecule has 0 aliphatic carbocycles. The number of hydrogen-bond acceptors (Lipinski definition) is 4. The monoisotopic (exact) mass is 443 g/mol. The fourth-order valence-corrected chi connectivity index (χ4v) is 4.72. The van der Waals surface area contributed by atoms with Crippen LogP contribution in [0.3, 0.4) is 0 Å². The quantitative estimate of drug-likeness (QED) is 0.616. The Bertz CT molecular complexity index is 1170. The van der Waals surface area contributed by atoms with Crippen molar-refractivity contribution in [2.45, 2.75) is 45.3 Å². The maximum absolute atomic E-state index is 12.1. The third kappa shape index (κ3) is 4.70. The van der Waals surface area contributed by atoms with Gasteiger partial charge in [0.25, 0.3) is 0 Å². The average molecular weight is 444 g/mol. The molecule has 2 fully saturated rings. The summed E-state index contributed by atoms with van der Waals surface area (Å²) in [5.41, 5.74) is 4.12. The van der Waals surface area contributed by atoms with E-state index in [0.717, 1.165) is 52.7 Å².